The SMILES string of the molecule is NCC1CCNCCC1c1ccc(F)cc1. The molecule has 0 aromatic heterocycles. The van der Waals surface area contributed by atoms with E-state index in [1.165, 1.54) is 5.56 Å². The first-order valence-electron chi connectivity index (χ1n) is 5.97. The van der Waals surface area contributed by atoms with Gasteiger partial charge in [0.15, 0.2) is 0 Å². The Labute approximate surface area is 96.0 Å². The van der Waals surface area contributed by atoms with Crippen molar-refractivity contribution in [2.75, 3.05) is 19.6 Å². The van der Waals surface area contributed by atoms with Gasteiger partial charge in [-0.25, -0.2) is 4.39 Å². The van der Waals surface area contributed by atoms with Gasteiger partial charge in [0.1, 0.15) is 5.82 Å². The molecule has 3 heteroatoms. The summed E-state index contributed by atoms with van der Waals surface area (Å²) in [6, 6.07) is 6.88. The van der Waals surface area contributed by atoms with Gasteiger partial charge in [0.05, 0.1) is 0 Å². The summed E-state index contributed by atoms with van der Waals surface area (Å²) in [5, 5.41) is 3.39. The van der Waals surface area contributed by atoms with E-state index in [9.17, 15) is 4.39 Å². The largest absolute Gasteiger partial charge is 0.330 e. The Balaban J connectivity index is 2.18. The van der Waals surface area contributed by atoms with Crippen LogP contribution in [0.5, 0.6) is 0 Å². The van der Waals surface area contributed by atoms with E-state index in [1.54, 1.807) is 12.1 Å². The van der Waals surface area contributed by atoms with Crippen molar-refractivity contribution in [3.8, 4) is 0 Å². The van der Waals surface area contributed by atoms with Crippen molar-refractivity contribution in [3.63, 3.8) is 0 Å². The second kappa shape index (κ2) is 5.41. The zero-order valence-corrected chi connectivity index (χ0v) is 9.45. The molecule has 0 bridgehead atoms. The summed E-state index contributed by atoms with van der Waals surface area (Å²) < 4.78 is 12.9. The smallest absolute Gasteiger partial charge is 0.123 e. The van der Waals surface area contributed by atoms with Gasteiger partial charge in [-0.15, -0.1) is 0 Å². The van der Waals surface area contributed by atoms with E-state index < -0.39 is 0 Å². The molecule has 2 unspecified atom stereocenters. The van der Waals surface area contributed by atoms with E-state index >= 15 is 0 Å². The molecule has 2 nitrogen and oxygen atoms in total. The number of nitrogens with one attached hydrogen (secondary N) is 1. The Morgan fingerprint density at radius 1 is 1.19 bits per heavy atom. The molecule has 3 N–H and O–H groups in total. The van der Waals surface area contributed by atoms with Gasteiger partial charge in [-0.1, -0.05) is 12.1 Å². The number of halogens is 1. The zero-order valence-electron chi connectivity index (χ0n) is 9.45. The van der Waals surface area contributed by atoms with Crippen LogP contribution in [0.2, 0.25) is 0 Å². The number of rotatable bonds is 2. The van der Waals surface area contributed by atoms with Crippen LogP contribution in [0.1, 0.15) is 24.3 Å². The van der Waals surface area contributed by atoms with Crippen LogP contribution in [-0.2, 0) is 0 Å². The molecule has 1 aliphatic rings. The summed E-state index contributed by atoms with van der Waals surface area (Å²) in [5.74, 6) is 0.820. The van der Waals surface area contributed by atoms with E-state index in [2.05, 4.69) is 5.32 Å². The molecule has 1 aliphatic heterocycles. The molecule has 0 saturated carbocycles. The van der Waals surface area contributed by atoms with Crippen LogP contribution in [-0.4, -0.2) is 19.6 Å². The lowest BCUT2D eigenvalue weighted by molar-refractivity contribution is 0.419. The Kier molecular flexibility index (Phi) is 3.91. The Morgan fingerprint density at radius 3 is 2.56 bits per heavy atom. The minimum absolute atomic E-state index is 0.167. The summed E-state index contributed by atoms with van der Waals surface area (Å²) in [7, 11) is 0. The highest BCUT2D eigenvalue weighted by Gasteiger charge is 2.23. The van der Waals surface area contributed by atoms with E-state index in [1.807, 2.05) is 12.1 Å². The molecule has 0 amide bonds. The maximum absolute atomic E-state index is 12.9. The zero-order chi connectivity index (χ0) is 11.4. The molecule has 88 valence electrons. The fraction of sp³-hybridized carbons (Fsp3) is 0.538. The highest BCUT2D eigenvalue weighted by atomic mass is 19.1. The topological polar surface area (TPSA) is 38.0 Å². The second-order valence-corrected chi connectivity index (χ2v) is 4.48. The van der Waals surface area contributed by atoms with Crippen molar-refractivity contribution in [3.05, 3.63) is 35.6 Å². The maximum atomic E-state index is 12.9. The summed E-state index contributed by atoms with van der Waals surface area (Å²) in [6.45, 7) is 2.78. The fourth-order valence-corrected chi connectivity index (χ4v) is 2.54. The Bertz CT molecular complexity index is 323. The van der Waals surface area contributed by atoms with E-state index in [4.69, 9.17) is 5.73 Å². The van der Waals surface area contributed by atoms with E-state index in [0.29, 0.717) is 18.4 Å². The molecule has 2 rings (SSSR count). The van der Waals surface area contributed by atoms with Crippen LogP contribution in [0.25, 0.3) is 0 Å². The number of nitrogens with two attached hydrogens (primary N) is 1. The number of hydrogen-bond donors (Lipinski definition) is 2. The molecule has 0 aliphatic carbocycles. The van der Waals surface area contributed by atoms with Gasteiger partial charge in [0.25, 0.3) is 0 Å². The quantitative estimate of drug-likeness (QED) is 0.801. The number of hydrogen-bond acceptors (Lipinski definition) is 2. The van der Waals surface area contributed by atoms with Gasteiger partial charge in [-0.2, -0.15) is 0 Å². The van der Waals surface area contributed by atoms with Crippen LogP contribution < -0.4 is 11.1 Å². The van der Waals surface area contributed by atoms with Crippen molar-refractivity contribution in [1.82, 2.24) is 5.32 Å². The molecule has 1 aromatic rings. The van der Waals surface area contributed by atoms with Crippen LogP contribution in [0, 0.1) is 11.7 Å². The molecular formula is C13H19FN2. The molecule has 1 heterocycles. The highest BCUT2D eigenvalue weighted by Crippen LogP contribution is 2.31. The third-order valence-corrected chi connectivity index (χ3v) is 3.49. The van der Waals surface area contributed by atoms with Gasteiger partial charge < -0.3 is 11.1 Å². The van der Waals surface area contributed by atoms with Gasteiger partial charge in [0.2, 0.25) is 0 Å². The van der Waals surface area contributed by atoms with Crippen LogP contribution in [0.3, 0.4) is 0 Å². The van der Waals surface area contributed by atoms with Crippen molar-refractivity contribution >= 4 is 0 Å². The van der Waals surface area contributed by atoms with E-state index in [0.717, 1.165) is 25.9 Å². The summed E-state index contributed by atoms with van der Waals surface area (Å²) in [4.78, 5) is 0. The van der Waals surface area contributed by atoms with Crippen LogP contribution in [0.15, 0.2) is 24.3 Å². The fourth-order valence-electron chi connectivity index (χ4n) is 2.54. The first kappa shape index (κ1) is 11.6. The van der Waals surface area contributed by atoms with Gasteiger partial charge in [-0.3, -0.25) is 0 Å². The van der Waals surface area contributed by atoms with Crippen LogP contribution in [0.4, 0.5) is 4.39 Å². The summed E-state index contributed by atoms with van der Waals surface area (Å²) in [5.41, 5.74) is 7.05. The number of benzene rings is 1. The third kappa shape index (κ3) is 2.60. The lowest BCUT2D eigenvalue weighted by atomic mass is 9.82. The second-order valence-electron chi connectivity index (χ2n) is 4.48. The van der Waals surface area contributed by atoms with Crippen molar-refractivity contribution in [2.24, 2.45) is 11.7 Å². The molecule has 1 fully saturated rings. The molecule has 16 heavy (non-hydrogen) atoms. The van der Waals surface area contributed by atoms with Crippen molar-refractivity contribution in [2.45, 2.75) is 18.8 Å². The molecule has 1 saturated heterocycles. The predicted molar refractivity (Wildman–Crippen MR) is 63.8 cm³/mol. The lowest BCUT2D eigenvalue weighted by Crippen LogP contribution is -2.22. The highest BCUT2D eigenvalue weighted by molar-refractivity contribution is 5.21. The normalized spacial score (nSPS) is 26.4. The summed E-state index contributed by atoms with van der Waals surface area (Å²) in [6.07, 6.45) is 2.20. The molecule has 0 spiro atoms. The minimum atomic E-state index is -0.167. The van der Waals surface area contributed by atoms with Gasteiger partial charge in [0, 0.05) is 0 Å². The third-order valence-electron chi connectivity index (χ3n) is 3.49. The van der Waals surface area contributed by atoms with E-state index in [-0.39, 0.29) is 5.82 Å². The Morgan fingerprint density at radius 2 is 1.88 bits per heavy atom. The van der Waals surface area contributed by atoms with Crippen molar-refractivity contribution in [1.29, 1.82) is 0 Å². The van der Waals surface area contributed by atoms with Crippen LogP contribution >= 0.6 is 0 Å². The predicted octanol–water partition coefficient (Wildman–Crippen LogP) is 1.87. The summed E-state index contributed by atoms with van der Waals surface area (Å²) >= 11 is 0. The maximum Gasteiger partial charge on any atom is 0.123 e. The molecule has 1 aromatic carbocycles. The van der Waals surface area contributed by atoms with Gasteiger partial charge in [-0.05, 0) is 62.0 Å². The standard InChI is InChI=1S/C13H19FN2/c14-12-3-1-10(2-4-12)13-6-8-16-7-5-11(13)9-15/h1-4,11,13,16H,5-9,15H2. The average Bonchev–Trinajstić information content (AvgIpc) is 2.55. The Hall–Kier alpha value is -0.930. The van der Waals surface area contributed by atoms with Crippen molar-refractivity contribution < 1.29 is 4.39 Å². The first-order chi connectivity index (χ1) is 7.81. The minimum Gasteiger partial charge on any atom is -0.330 e. The monoisotopic (exact) mass is 222 g/mol. The molecular weight excluding hydrogens is 203 g/mol. The average molecular weight is 222 g/mol. The van der Waals surface area contributed by atoms with Gasteiger partial charge >= 0.3 is 0 Å². The lowest BCUT2D eigenvalue weighted by Gasteiger charge is -2.23. The first-order valence-corrected chi connectivity index (χ1v) is 5.97. The molecule has 0 radical (unpaired) electrons. The molecule has 2 atom stereocenters.